The first-order valence-electron chi connectivity index (χ1n) is 6.88. The van der Waals surface area contributed by atoms with Crippen LogP contribution in [0.2, 0.25) is 0 Å². The van der Waals surface area contributed by atoms with E-state index in [1.165, 1.54) is 0 Å². The Kier molecular flexibility index (Phi) is 5.21. The van der Waals surface area contributed by atoms with E-state index in [1.54, 1.807) is 12.1 Å². The first kappa shape index (κ1) is 14.9. The van der Waals surface area contributed by atoms with Crippen LogP contribution in [0, 0.1) is 0 Å². The molecule has 2 aromatic carbocycles. The topological polar surface area (TPSA) is 58.6 Å². The average Bonchev–Trinajstić information content (AvgIpc) is 2.52. The maximum atomic E-state index is 11.6. The summed E-state index contributed by atoms with van der Waals surface area (Å²) in [6.45, 7) is 2.75. The number of aromatic hydroxyl groups is 1. The maximum absolute atomic E-state index is 11.6. The monoisotopic (exact) mass is 285 g/mol. The van der Waals surface area contributed by atoms with Gasteiger partial charge in [-0.2, -0.15) is 0 Å². The van der Waals surface area contributed by atoms with E-state index in [1.807, 2.05) is 49.4 Å². The summed E-state index contributed by atoms with van der Waals surface area (Å²) in [7, 11) is 0. The molecule has 110 valence electrons. The van der Waals surface area contributed by atoms with Crippen molar-refractivity contribution in [2.45, 2.75) is 19.4 Å². The lowest BCUT2D eigenvalue weighted by Gasteiger charge is -2.13. The van der Waals surface area contributed by atoms with Crippen LogP contribution in [0.15, 0.2) is 54.6 Å². The highest BCUT2D eigenvalue weighted by Crippen LogP contribution is 2.17. The van der Waals surface area contributed by atoms with E-state index < -0.39 is 6.09 Å². The van der Waals surface area contributed by atoms with Crippen molar-refractivity contribution in [3.8, 4) is 5.75 Å². The van der Waals surface area contributed by atoms with Gasteiger partial charge < -0.3 is 15.2 Å². The minimum Gasteiger partial charge on any atom is -0.508 e. The van der Waals surface area contributed by atoms with Crippen LogP contribution in [0.25, 0.3) is 0 Å². The van der Waals surface area contributed by atoms with Gasteiger partial charge in [-0.05, 0) is 29.2 Å². The fourth-order valence-corrected chi connectivity index (χ4v) is 1.93. The summed E-state index contributed by atoms with van der Waals surface area (Å²) in [6, 6.07) is 16.5. The number of carbonyl (C=O) groups excluding carboxylic acids is 1. The summed E-state index contributed by atoms with van der Waals surface area (Å²) in [5.41, 5.74) is 2.01. The van der Waals surface area contributed by atoms with Gasteiger partial charge in [-0.25, -0.2) is 4.79 Å². The number of hydrogen-bond donors (Lipinski definition) is 2. The average molecular weight is 285 g/mol. The summed E-state index contributed by atoms with van der Waals surface area (Å²) in [5, 5.41) is 12.0. The number of rotatable bonds is 5. The number of alkyl carbamates (subject to hydrolysis) is 1. The van der Waals surface area contributed by atoms with E-state index in [4.69, 9.17) is 4.74 Å². The molecule has 4 nitrogen and oxygen atoms in total. The number of nitrogens with one attached hydrogen (secondary N) is 1. The molecular formula is C17H19NO3. The number of carbonyl (C=O) groups is 1. The Labute approximate surface area is 124 Å². The molecule has 4 heteroatoms. The van der Waals surface area contributed by atoms with Gasteiger partial charge in [0.05, 0.1) is 0 Å². The van der Waals surface area contributed by atoms with Crippen LogP contribution in [0.1, 0.15) is 24.0 Å². The molecule has 1 atom stereocenters. The number of phenols is 1. The normalized spacial score (nSPS) is 11.7. The summed E-state index contributed by atoms with van der Waals surface area (Å²) in [6.07, 6.45) is -0.426. The SMILES string of the molecule is CC(CNC(=O)OCc1ccccc1)c1ccc(O)cc1. The standard InChI is InChI=1S/C17H19NO3/c1-13(15-7-9-16(19)10-8-15)11-18-17(20)21-12-14-5-3-2-4-6-14/h2-10,13,19H,11-12H2,1H3,(H,18,20). The molecule has 0 saturated heterocycles. The summed E-state index contributed by atoms with van der Waals surface area (Å²) >= 11 is 0. The molecule has 21 heavy (non-hydrogen) atoms. The quantitative estimate of drug-likeness (QED) is 0.885. The predicted octanol–water partition coefficient (Wildman–Crippen LogP) is 3.42. The third-order valence-electron chi connectivity index (χ3n) is 3.23. The minimum absolute atomic E-state index is 0.148. The van der Waals surface area contributed by atoms with Crippen LogP contribution in [0.4, 0.5) is 4.79 Å². The summed E-state index contributed by atoms with van der Waals surface area (Å²) in [5.74, 6) is 0.385. The number of benzene rings is 2. The van der Waals surface area contributed by atoms with Crippen LogP contribution in [-0.2, 0) is 11.3 Å². The predicted molar refractivity (Wildman–Crippen MR) is 81.2 cm³/mol. The fraction of sp³-hybridized carbons (Fsp3) is 0.235. The molecule has 0 heterocycles. The molecule has 0 radical (unpaired) electrons. The molecule has 0 spiro atoms. The third-order valence-corrected chi connectivity index (χ3v) is 3.23. The highest BCUT2D eigenvalue weighted by molar-refractivity contribution is 5.67. The number of hydrogen-bond acceptors (Lipinski definition) is 3. The van der Waals surface area contributed by atoms with E-state index in [-0.39, 0.29) is 18.3 Å². The lowest BCUT2D eigenvalue weighted by Crippen LogP contribution is -2.28. The number of ether oxygens (including phenoxy) is 1. The van der Waals surface area contributed by atoms with Gasteiger partial charge in [-0.15, -0.1) is 0 Å². The van der Waals surface area contributed by atoms with Crippen molar-refractivity contribution >= 4 is 6.09 Å². The molecule has 0 saturated carbocycles. The van der Waals surface area contributed by atoms with Crippen molar-refractivity contribution in [2.24, 2.45) is 0 Å². The molecule has 2 N–H and O–H groups in total. The minimum atomic E-state index is -0.426. The molecule has 0 bridgehead atoms. The number of phenolic OH excluding ortho intramolecular Hbond substituents is 1. The second kappa shape index (κ2) is 7.33. The van der Waals surface area contributed by atoms with Crippen molar-refractivity contribution in [2.75, 3.05) is 6.54 Å². The van der Waals surface area contributed by atoms with Crippen molar-refractivity contribution < 1.29 is 14.6 Å². The molecule has 1 unspecified atom stereocenters. The van der Waals surface area contributed by atoms with Gasteiger partial charge in [0.2, 0.25) is 0 Å². The van der Waals surface area contributed by atoms with Gasteiger partial charge >= 0.3 is 6.09 Å². The van der Waals surface area contributed by atoms with Crippen LogP contribution in [0.3, 0.4) is 0 Å². The zero-order valence-electron chi connectivity index (χ0n) is 12.0. The van der Waals surface area contributed by atoms with Crippen molar-refractivity contribution in [1.82, 2.24) is 5.32 Å². The first-order valence-corrected chi connectivity index (χ1v) is 6.88. The Bertz CT molecular complexity index is 566. The smallest absolute Gasteiger partial charge is 0.407 e. The van der Waals surface area contributed by atoms with E-state index in [2.05, 4.69) is 5.32 Å². The van der Waals surface area contributed by atoms with E-state index in [9.17, 15) is 9.90 Å². The molecule has 0 aliphatic rings. The molecule has 0 fully saturated rings. The second-order valence-electron chi connectivity index (χ2n) is 4.94. The molecule has 2 rings (SSSR count). The highest BCUT2D eigenvalue weighted by Gasteiger charge is 2.08. The van der Waals surface area contributed by atoms with Crippen LogP contribution < -0.4 is 5.32 Å². The number of amides is 1. The van der Waals surface area contributed by atoms with E-state index >= 15 is 0 Å². The summed E-state index contributed by atoms with van der Waals surface area (Å²) < 4.78 is 5.14. The van der Waals surface area contributed by atoms with Gasteiger partial charge in [0.1, 0.15) is 12.4 Å². The summed E-state index contributed by atoms with van der Waals surface area (Å²) in [4.78, 5) is 11.6. The zero-order chi connectivity index (χ0) is 15.1. The van der Waals surface area contributed by atoms with Gasteiger partial charge in [0.25, 0.3) is 0 Å². The van der Waals surface area contributed by atoms with E-state index in [0.717, 1.165) is 11.1 Å². The highest BCUT2D eigenvalue weighted by atomic mass is 16.5. The lowest BCUT2D eigenvalue weighted by molar-refractivity contribution is 0.139. The van der Waals surface area contributed by atoms with Gasteiger partial charge in [0, 0.05) is 6.54 Å². The maximum Gasteiger partial charge on any atom is 0.407 e. The fourth-order valence-electron chi connectivity index (χ4n) is 1.93. The Hall–Kier alpha value is -2.49. The largest absolute Gasteiger partial charge is 0.508 e. The van der Waals surface area contributed by atoms with Crippen LogP contribution in [-0.4, -0.2) is 17.7 Å². The lowest BCUT2D eigenvalue weighted by atomic mass is 10.0. The van der Waals surface area contributed by atoms with Crippen LogP contribution >= 0.6 is 0 Å². The van der Waals surface area contributed by atoms with Crippen molar-refractivity contribution in [3.63, 3.8) is 0 Å². The molecule has 0 aliphatic heterocycles. The molecular weight excluding hydrogens is 266 g/mol. The third kappa shape index (κ3) is 4.84. The Morgan fingerprint density at radius 1 is 1.14 bits per heavy atom. The van der Waals surface area contributed by atoms with Gasteiger partial charge in [0.15, 0.2) is 0 Å². The van der Waals surface area contributed by atoms with E-state index in [0.29, 0.717) is 6.54 Å². The first-order chi connectivity index (χ1) is 10.1. The molecule has 2 aromatic rings. The van der Waals surface area contributed by atoms with Crippen molar-refractivity contribution in [3.05, 3.63) is 65.7 Å². The molecule has 0 aliphatic carbocycles. The van der Waals surface area contributed by atoms with Crippen LogP contribution in [0.5, 0.6) is 5.75 Å². The van der Waals surface area contributed by atoms with Gasteiger partial charge in [-0.1, -0.05) is 49.4 Å². The Balaban J connectivity index is 1.74. The molecule has 1 amide bonds. The van der Waals surface area contributed by atoms with Gasteiger partial charge in [-0.3, -0.25) is 0 Å². The zero-order valence-corrected chi connectivity index (χ0v) is 12.0. The molecule has 0 aromatic heterocycles. The Morgan fingerprint density at radius 3 is 2.48 bits per heavy atom. The second-order valence-corrected chi connectivity index (χ2v) is 4.94. The van der Waals surface area contributed by atoms with Crippen molar-refractivity contribution in [1.29, 1.82) is 0 Å². The Morgan fingerprint density at radius 2 is 1.81 bits per heavy atom.